The molecular formula is C8H8ClNO4S. The Hall–Kier alpha value is -0.980. The fourth-order valence-corrected chi connectivity index (χ4v) is 1.84. The Morgan fingerprint density at radius 2 is 2.27 bits per heavy atom. The van der Waals surface area contributed by atoms with Crippen molar-refractivity contribution in [1.29, 1.82) is 0 Å². The zero-order chi connectivity index (χ0) is 11.4. The summed E-state index contributed by atoms with van der Waals surface area (Å²) in [6.45, 7) is 0. The summed E-state index contributed by atoms with van der Waals surface area (Å²) in [7, 11) is 1.26. The minimum Gasteiger partial charge on any atom is -0.290 e. The molecule has 1 aliphatic rings. The number of nitro groups is 1. The van der Waals surface area contributed by atoms with Gasteiger partial charge in [0, 0.05) is 6.08 Å². The largest absolute Gasteiger partial charge is 0.290 e. The molecule has 1 aliphatic carbocycles. The number of halogens is 1. The van der Waals surface area contributed by atoms with Crippen LogP contribution in [0.25, 0.3) is 0 Å². The number of hydrogen-bond donors (Lipinski definition) is 0. The zero-order valence-electron chi connectivity index (χ0n) is 7.81. The molecule has 0 N–H and O–H groups in total. The summed E-state index contributed by atoms with van der Waals surface area (Å²) >= 11 is 3.98. The highest BCUT2D eigenvalue weighted by Gasteiger charge is 2.20. The molecule has 0 aromatic heterocycles. The monoisotopic (exact) mass is 249 g/mol. The molecule has 0 saturated heterocycles. The van der Waals surface area contributed by atoms with Gasteiger partial charge in [-0.2, -0.15) is 0 Å². The van der Waals surface area contributed by atoms with Crippen molar-refractivity contribution in [2.75, 3.05) is 7.11 Å². The van der Waals surface area contributed by atoms with Crippen LogP contribution in [-0.4, -0.2) is 16.2 Å². The molecule has 0 radical (unpaired) electrons. The lowest BCUT2D eigenvalue weighted by atomic mass is 10.3. The lowest BCUT2D eigenvalue weighted by Crippen LogP contribution is -2.01. The van der Waals surface area contributed by atoms with Gasteiger partial charge in [0.05, 0.1) is 16.9 Å². The summed E-state index contributed by atoms with van der Waals surface area (Å²) in [6.07, 6.45) is 4.59. The lowest BCUT2D eigenvalue weighted by molar-refractivity contribution is -0.419. The maximum absolute atomic E-state index is 11.3. The van der Waals surface area contributed by atoms with Gasteiger partial charge in [-0.1, -0.05) is 23.8 Å². The van der Waals surface area contributed by atoms with Gasteiger partial charge in [-0.3, -0.25) is 14.3 Å². The Morgan fingerprint density at radius 3 is 2.80 bits per heavy atom. The Balaban J connectivity index is 3.10. The predicted molar refractivity (Wildman–Crippen MR) is 56.9 cm³/mol. The molecule has 1 rings (SSSR count). The summed E-state index contributed by atoms with van der Waals surface area (Å²) in [6, 6.07) is 0. The number of hydrogen-bond acceptors (Lipinski definition) is 4. The lowest BCUT2D eigenvalue weighted by Gasteiger charge is -1.98. The van der Waals surface area contributed by atoms with E-state index in [1.807, 2.05) is 0 Å². The first-order valence-electron chi connectivity index (χ1n) is 3.94. The summed E-state index contributed by atoms with van der Waals surface area (Å²) in [5.41, 5.74) is -0.272. The van der Waals surface area contributed by atoms with Gasteiger partial charge in [0.1, 0.15) is 5.03 Å². The highest BCUT2D eigenvalue weighted by Crippen LogP contribution is 2.23. The molecule has 82 valence electrons. The van der Waals surface area contributed by atoms with Gasteiger partial charge in [-0.15, -0.1) is 0 Å². The van der Waals surface area contributed by atoms with Gasteiger partial charge in [0.15, 0.2) is 11.1 Å². The third-order valence-electron chi connectivity index (χ3n) is 1.68. The molecular weight excluding hydrogens is 242 g/mol. The molecule has 0 bridgehead atoms. The van der Waals surface area contributed by atoms with Crippen LogP contribution in [0, 0.1) is 10.1 Å². The predicted octanol–water partition coefficient (Wildman–Crippen LogP) is 1.87. The number of allylic oxidation sites excluding steroid dienone is 4. The number of rotatable bonds is 3. The van der Waals surface area contributed by atoms with E-state index in [2.05, 4.69) is 4.18 Å². The standard InChI is InChI=1S/C8H8ClNO4S/c1-14-15(13)6-3-2-4-7(9)8(5-6)10(11)12/h3-5H,2H2,1H3. The minimum absolute atomic E-state index is 0.0411. The molecule has 0 aromatic carbocycles. The first-order valence-corrected chi connectivity index (χ1v) is 5.40. The van der Waals surface area contributed by atoms with Crippen LogP contribution in [0.2, 0.25) is 0 Å². The van der Waals surface area contributed by atoms with E-state index in [4.69, 9.17) is 11.6 Å². The summed E-state index contributed by atoms with van der Waals surface area (Å²) < 4.78 is 15.9. The third kappa shape index (κ3) is 2.98. The molecule has 0 heterocycles. The van der Waals surface area contributed by atoms with E-state index in [-0.39, 0.29) is 15.6 Å². The van der Waals surface area contributed by atoms with E-state index in [0.717, 1.165) is 6.08 Å². The van der Waals surface area contributed by atoms with Gasteiger partial charge >= 0.3 is 0 Å². The molecule has 7 heteroatoms. The van der Waals surface area contributed by atoms with E-state index in [1.165, 1.54) is 13.2 Å². The van der Waals surface area contributed by atoms with Gasteiger partial charge in [-0.25, -0.2) is 4.21 Å². The van der Waals surface area contributed by atoms with Crippen LogP contribution in [0.1, 0.15) is 6.42 Å². The second-order valence-electron chi connectivity index (χ2n) is 2.58. The fraction of sp³-hybridized carbons (Fsp3) is 0.250. The van der Waals surface area contributed by atoms with Crippen LogP contribution in [0.4, 0.5) is 0 Å². The Labute approximate surface area is 93.9 Å². The third-order valence-corrected chi connectivity index (χ3v) is 3.00. The highest BCUT2D eigenvalue weighted by molar-refractivity contribution is 7.84. The highest BCUT2D eigenvalue weighted by atomic mass is 35.5. The molecule has 0 aromatic rings. The average molecular weight is 250 g/mol. The van der Waals surface area contributed by atoms with Crippen LogP contribution in [0.3, 0.4) is 0 Å². The summed E-state index contributed by atoms with van der Waals surface area (Å²) in [4.78, 5) is 10.2. The smallest absolute Gasteiger partial charge is 0.288 e. The maximum atomic E-state index is 11.3. The van der Waals surface area contributed by atoms with Crippen molar-refractivity contribution in [3.63, 3.8) is 0 Å². The molecule has 0 fully saturated rings. The van der Waals surface area contributed by atoms with Crippen LogP contribution < -0.4 is 0 Å². The van der Waals surface area contributed by atoms with E-state index in [1.54, 1.807) is 6.08 Å². The second-order valence-corrected chi connectivity index (χ2v) is 4.26. The summed E-state index contributed by atoms with van der Waals surface area (Å²) in [5.74, 6) is 0. The normalized spacial score (nSPS) is 18.4. The zero-order valence-corrected chi connectivity index (χ0v) is 9.38. The van der Waals surface area contributed by atoms with Crippen molar-refractivity contribution in [3.05, 3.63) is 44.0 Å². The molecule has 15 heavy (non-hydrogen) atoms. The van der Waals surface area contributed by atoms with E-state index in [0.29, 0.717) is 6.42 Å². The summed E-state index contributed by atoms with van der Waals surface area (Å²) in [5, 5.41) is 10.7. The van der Waals surface area contributed by atoms with E-state index >= 15 is 0 Å². The Morgan fingerprint density at radius 1 is 1.60 bits per heavy atom. The fourth-order valence-electron chi connectivity index (χ4n) is 0.998. The topological polar surface area (TPSA) is 69.4 Å². The van der Waals surface area contributed by atoms with Crippen LogP contribution >= 0.6 is 11.6 Å². The van der Waals surface area contributed by atoms with Crippen LogP contribution in [0.5, 0.6) is 0 Å². The van der Waals surface area contributed by atoms with Crippen molar-refractivity contribution >= 4 is 22.7 Å². The molecule has 0 saturated carbocycles. The van der Waals surface area contributed by atoms with Crippen molar-refractivity contribution < 1.29 is 13.3 Å². The molecule has 0 amide bonds. The van der Waals surface area contributed by atoms with Crippen LogP contribution in [-0.2, 0) is 15.3 Å². The minimum atomic E-state index is -1.69. The van der Waals surface area contributed by atoms with E-state index in [9.17, 15) is 14.3 Å². The van der Waals surface area contributed by atoms with Crippen molar-refractivity contribution in [3.8, 4) is 0 Å². The quantitative estimate of drug-likeness (QED) is 0.566. The van der Waals surface area contributed by atoms with Gasteiger partial charge in [-0.05, 0) is 6.42 Å². The first kappa shape index (κ1) is 12.1. The van der Waals surface area contributed by atoms with Gasteiger partial charge in [0.25, 0.3) is 5.70 Å². The van der Waals surface area contributed by atoms with Crippen LogP contribution in [0.15, 0.2) is 33.9 Å². The molecule has 0 spiro atoms. The van der Waals surface area contributed by atoms with Crippen molar-refractivity contribution in [2.45, 2.75) is 6.42 Å². The van der Waals surface area contributed by atoms with Gasteiger partial charge in [0.2, 0.25) is 0 Å². The van der Waals surface area contributed by atoms with Crippen molar-refractivity contribution in [2.24, 2.45) is 0 Å². The van der Waals surface area contributed by atoms with Crippen molar-refractivity contribution in [1.82, 2.24) is 0 Å². The van der Waals surface area contributed by atoms with Gasteiger partial charge < -0.3 is 0 Å². The Bertz CT molecular complexity index is 399. The first-order chi connectivity index (χ1) is 7.06. The Kier molecular flexibility index (Phi) is 4.19. The molecule has 1 unspecified atom stereocenters. The average Bonchev–Trinajstić information content (AvgIpc) is 2.39. The molecule has 1 atom stereocenters. The number of nitrogens with zero attached hydrogens (tertiary/aromatic N) is 1. The molecule has 0 aliphatic heterocycles. The maximum Gasteiger partial charge on any atom is 0.288 e. The molecule has 5 nitrogen and oxygen atoms in total. The SMILES string of the molecule is COS(=O)C1=CCC=C(Cl)C([N+](=O)[O-])=C1. The van der Waals surface area contributed by atoms with E-state index < -0.39 is 16.0 Å². The second kappa shape index (κ2) is 5.20.